The molecule has 0 saturated heterocycles. The molecule has 1 aromatic heterocycles. The number of rotatable bonds is 5. The van der Waals surface area contributed by atoms with E-state index < -0.39 is 0 Å². The van der Waals surface area contributed by atoms with Crippen LogP contribution < -0.4 is 56.7 Å². The number of hydrogen-bond acceptors (Lipinski definition) is 3. The molecule has 3 atom stereocenters. The SMILES string of the molecule is CC.CNC(CC1CC1C)[N-]c1csc(C)n1.[K+]. The third-order valence-electron chi connectivity index (χ3n) is 3.03. The molecule has 98 valence electrons. The fourth-order valence-electron chi connectivity index (χ4n) is 1.82. The molecule has 0 aliphatic heterocycles. The van der Waals surface area contributed by atoms with Gasteiger partial charge in [0.1, 0.15) is 0 Å². The van der Waals surface area contributed by atoms with E-state index in [0.717, 1.165) is 29.1 Å². The largest absolute Gasteiger partial charge is 1.00 e. The Kier molecular flexibility index (Phi) is 10.4. The summed E-state index contributed by atoms with van der Waals surface area (Å²) < 4.78 is 0. The van der Waals surface area contributed by atoms with Crippen molar-refractivity contribution >= 4 is 17.2 Å². The molecule has 0 spiro atoms. The Balaban J connectivity index is 0.000000917. The van der Waals surface area contributed by atoms with E-state index >= 15 is 0 Å². The van der Waals surface area contributed by atoms with Gasteiger partial charge in [0.25, 0.3) is 0 Å². The monoisotopic (exact) mass is 293 g/mol. The zero-order valence-corrected chi connectivity index (χ0v) is 16.5. The van der Waals surface area contributed by atoms with Gasteiger partial charge in [0.15, 0.2) is 0 Å². The third kappa shape index (κ3) is 6.46. The number of nitrogens with one attached hydrogen (secondary N) is 1. The van der Waals surface area contributed by atoms with Gasteiger partial charge in [-0.3, -0.25) is 0 Å². The van der Waals surface area contributed by atoms with E-state index in [1.165, 1.54) is 6.42 Å². The first-order chi connectivity index (χ1) is 8.19. The standard InChI is InChI=1S/C11H18N3S.C2H6.K/c1-7-4-9(7)5-10(12-3)14-11-6-15-8(2)13-11;1-2;/h6-7,9-10,12H,4-5H2,1-3H3;1-2H3;/q-1;;+1. The first-order valence-electron chi connectivity index (χ1n) is 6.49. The zero-order valence-electron chi connectivity index (χ0n) is 12.5. The van der Waals surface area contributed by atoms with Crippen molar-refractivity contribution in [2.45, 2.75) is 46.7 Å². The number of aryl methyl sites for hydroxylation is 1. The minimum Gasteiger partial charge on any atom is -0.448 e. The first kappa shape index (κ1) is 19.0. The summed E-state index contributed by atoms with van der Waals surface area (Å²) in [5.41, 5.74) is 0. The van der Waals surface area contributed by atoms with Crippen LogP contribution in [-0.2, 0) is 0 Å². The van der Waals surface area contributed by atoms with Crippen LogP contribution in [0.3, 0.4) is 0 Å². The second kappa shape index (κ2) is 9.86. The molecule has 1 saturated carbocycles. The van der Waals surface area contributed by atoms with Gasteiger partial charge in [0.2, 0.25) is 0 Å². The predicted molar refractivity (Wildman–Crippen MR) is 76.0 cm³/mol. The van der Waals surface area contributed by atoms with Gasteiger partial charge < -0.3 is 15.6 Å². The molecule has 1 aliphatic carbocycles. The average Bonchev–Trinajstić information content (AvgIpc) is 2.86. The van der Waals surface area contributed by atoms with Crippen LogP contribution in [-0.4, -0.2) is 18.2 Å². The summed E-state index contributed by atoms with van der Waals surface area (Å²) in [6, 6.07) is 0. The summed E-state index contributed by atoms with van der Waals surface area (Å²) in [4.78, 5) is 4.36. The molecule has 18 heavy (non-hydrogen) atoms. The second-order valence-electron chi connectivity index (χ2n) is 4.37. The number of hydrogen-bond donors (Lipinski definition) is 1. The Bertz CT molecular complexity index is 330. The van der Waals surface area contributed by atoms with Crippen LogP contribution in [0.15, 0.2) is 5.38 Å². The fraction of sp³-hybridized carbons (Fsp3) is 0.769. The van der Waals surface area contributed by atoms with Crippen LogP contribution in [0.2, 0.25) is 0 Å². The van der Waals surface area contributed by atoms with E-state index in [0.29, 0.717) is 0 Å². The number of nitrogens with zero attached hydrogens (tertiary/aromatic N) is 2. The van der Waals surface area contributed by atoms with Gasteiger partial charge in [-0.2, -0.15) is 11.3 Å². The van der Waals surface area contributed by atoms with Crippen LogP contribution in [0.1, 0.15) is 38.6 Å². The second-order valence-corrected chi connectivity index (χ2v) is 5.43. The Morgan fingerprint density at radius 1 is 1.56 bits per heavy atom. The zero-order chi connectivity index (χ0) is 12.8. The molecule has 0 radical (unpaired) electrons. The Hall–Kier alpha value is 1.03. The van der Waals surface area contributed by atoms with Crippen molar-refractivity contribution < 1.29 is 51.4 Å². The van der Waals surface area contributed by atoms with E-state index in [1.54, 1.807) is 11.3 Å². The molecule has 5 heteroatoms. The summed E-state index contributed by atoms with van der Waals surface area (Å²) in [5, 5.41) is 11.0. The van der Waals surface area contributed by atoms with E-state index in [4.69, 9.17) is 0 Å². The molecule has 3 unspecified atom stereocenters. The van der Waals surface area contributed by atoms with Crippen LogP contribution in [0.4, 0.5) is 5.82 Å². The molecule has 1 aliphatic rings. The summed E-state index contributed by atoms with van der Waals surface area (Å²) >= 11 is 1.66. The molecule has 1 fully saturated rings. The van der Waals surface area contributed by atoms with E-state index in [-0.39, 0.29) is 57.6 Å². The van der Waals surface area contributed by atoms with Gasteiger partial charge >= 0.3 is 51.4 Å². The van der Waals surface area contributed by atoms with Crippen LogP contribution in [0, 0.1) is 18.8 Å². The summed E-state index contributed by atoms with van der Waals surface area (Å²) in [7, 11) is 1.97. The van der Waals surface area contributed by atoms with Gasteiger partial charge in [-0.15, -0.1) is 0 Å². The van der Waals surface area contributed by atoms with Gasteiger partial charge in [-0.05, 0) is 49.0 Å². The summed E-state index contributed by atoms with van der Waals surface area (Å²) in [5.74, 6) is 2.64. The molecular weight excluding hydrogens is 269 g/mol. The molecular formula is C13H24KN3S. The average molecular weight is 294 g/mol. The normalized spacial score (nSPS) is 22.3. The fourth-order valence-corrected chi connectivity index (χ4v) is 2.36. The van der Waals surface area contributed by atoms with Gasteiger partial charge in [0, 0.05) is 6.17 Å². The Labute approximate surface area is 158 Å². The molecule has 1 heterocycles. The van der Waals surface area contributed by atoms with Crippen molar-refractivity contribution in [3.63, 3.8) is 0 Å². The van der Waals surface area contributed by atoms with E-state index in [9.17, 15) is 0 Å². The molecule has 1 N–H and O–H groups in total. The van der Waals surface area contributed by atoms with Gasteiger partial charge in [0.05, 0.1) is 0 Å². The maximum Gasteiger partial charge on any atom is 1.00 e. The van der Waals surface area contributed by atoms with E-state index in [1.807, 2.05) is 33.2 Å². The predicted octanol–water partition coefficient (Wildman–Crippen LogP) is 1.08. The van der Waals surface area contributed by atoms with Crippen molar-refractivity contribution in [1.82, 2.24) is 10.3 Å². The minimum absolute atomic E-state index is 0. The summed E-state index contributed by atoms with van der Waals surface area (Å²) in [6.07, 6.45) is 2.75. The van der Waals surface area contributed by atoms with Gasteiger partial charge in [-0.25, -0.2) is 0 Å². The Morgan fingerprint density at radius 2 is 2.17 bits per heavy atom. The van der Waals surface area contributed by atoms with Crippen molar-refractivity contribution in [2.75, 3.05) is 7.05 Å². The van der Waals surface area contributed by atoms with Crippen molar-refractivity contribution in [3.8, 4) is 0 Å². The first-order valence-corrected chi connectivity index (χ1v) is 7.37. The van der Waals surface area contributed by atoms with E-state index in [2.05, 4.69) is 22.5 Å². The number of thiazole rings is 1. The van der Waals surface area contributed by atoms with Crippen molar-refractivity contribution in [3.05, 3.63) is 15.7 Å². The van der Waals surface area contributed by atoms with Crippen LogP contribution in [0.25, 0.3) is 5.32 Å². The van der Waals surface area contributed by atoms with Crippen molar-refractivity contribution in [2.24, 2.45) is 11.8 Å². The topological polar surface area (TPSA) is 39.0 Å². The molecule has 1 aromatic rings. The molecule has 0 aromatic carbocycles. The quantitative estimate of drug-likeness (QED) is 0.825. The maximum atomic E-state index is 4.60. The molecule has 0 amide bonds. The van der Waals surface area contributed by atoms with Crippen LogP contribution in [0.5, 0.6) is 0 Å². The summed E-state index contributed by atoms with van der Waals surface area (Å²) in [6.45, 7) is 8.32. The Morgan fingerprint density at radius 3 is 2.56 bits per heavy atom. The number of aromatic nitrogens is 1. The molecule has 2 rings (SSSR count). The smallest absolute Gasteiger partial charge is 0.448 e. The maximum absolute atomic E-state index is 4.60. The van der Waals surface area contributed by atoms with Crippen molar-refractivity contribution in [1.29, 1.82) is 0 Å². The van der Waals surface area contributed by atoms with Gasteiger partial charge in [-0.1, -0.05) is 26.6 Å². The molecule has 0 bridgehead atoms. The minimum atomic E-state index is 0. The third-order valence-corrected chi connectivity index (χ3v) is 3.79. The molecule has 3 nitrogen and oxygen atoms in total. The van der Waals surface area contributed by atoms with Crippen LogP contribution >= 0.6 is 11.3 Å².